The van der Waals surface area contributed by atoms with Crippen molar-refractivity contribution in [2.45, 2.75) is 33.4 Å². The van der Waals surface area contributed by atoms with Crippen molar-refractivity contribution < 1.29 is 9.18 Å². The van der Waals surface area contributed by atoms with E-state index >= 15 is 0 Å². The highest BCUT2D eigenvalue weighted by Gasteiger charge is 2.19. The van der Waals surface area contributed by atoms with E-state index < -0.39 is 0 Å². The Balaban J connectivity index is 2.01. The zero-order valence-corrected chi connectivity index (χ0v) is 15.5. The van der Waals surface area contributed by atoms with Gasteiger partial charge in [-0.2, -0.15) is 0 Å². The van der Waals surface area contributed by atoms with Crippen LogP contribution in [0.15, 0.2) is 48.5 Å². The number of carbonyl (C=O) groups is 1. The van der Waals surface area contributed by atoms with Crippen LogP contribution >= 0.6 is 0 Å². The lowest BCUT2D eigenvalue weighted by Gasteiger charge is -2.29. The maximum atomic E-state index is 13.1. The first kappa shape index (κ1) is 19.1. The summed E-state index contributed by atoms with van der Waals surface area (Å²) in [5.41, 5.74) is 3.36. The summed E-state index contributed by atoms with van der Waals surface area (Å²) in [6, 6.07) is 14.7. The minimum atomic E-state index is -0.243. The van der Waals surface area contributed by atoms with Gasteiger partial charge in [-0.1, -0.05) is 43.3 Å². The summed E-state index contributed by atoms with van der Waals surface area (Å²) in [6.45, 7) is 7.84. The maximum Gasteiger partial charge on any atom is 0.236 e. The van der Waals surface area contributed by atoms with Gasteiger partial charge in [0.05, 0.1) is 6.54 Å². The normalized spacial score (nSPS) is 12.2. The molecule has 0 radical (unpaired) electrons. The molecule has 0 aromatic heterocycles. The van der Waals surface area contributed by atoms with Crippen LogP contribution in [0.2, 0.25) is 0 Å². The van der Waals surface area contributed by atoms with Gasteiger partial charge in [0, 0.05) is 19.6 Å². The van der Waals surface area contributed by atoms with Gasteiger partial charge in [0.15, 0.2) is 0 Å². The molecule has 0 heterocycles. The lowest BCUT2D eigenvalue weighted by molar-refractivity contribution is -0.132. The molecule has 0 aliphatic carbocycles. The standard InChI is InChI=1S/C21H27FN2O/c1-5-24(17(3)18-10-12-20(22)13-11-18)15-21(25)23(4)14-19-9-7-6-8-16(19)2/h6-13,17H,5,14-15H2,1-4H3. The quantitative estimate of drug-likeness (QED) is 0.754. The molecule has 2 aromatic carbocycles. The number of aryl methyl sites for hydroxylation is 1. The lowest BCUT2D eigenvalue weighted by Crippen LogP contribution is -2.39. The van der Waals surface area contributed by atoms with Gasteiger partial charge in [-0.3, -0.25) is 9.69 Å². The Hall–Kier alpha value is -2.20. The molecule has 2 rings (SSSR count). The highest BCUT2D eigenvalue weighted by molar-refractivity contribution is 5.78. The zero-order chi connectivity index (χ0) is 18.4. The molecule has 3 nitrogen and oxygen atoms in total. The first-order valence-corrected chi connectivity index (χ1v) is 8.70. The fraction of sp³-hybridized carbons (Fsp3) is 0.381. The topological polar surface area (TPSA) is 23.6 Å². The molecule has 0 fully saturated rings. The predicted octanol–water partition coefficient (Wildman–Crippen LogP) is 4.18. The van der Waals surface area contributed by atoms with Crippen LogP contribution in [0.25, 0.3) is 0 Å². The third-order valence-corrected chi connectivity index (χ3v) is 4.74. The van der Waals surface area contributed by atoms with Crippen LogP contribution in [-0.4, -0.2) is 35.8 Å². The number of carbonyl (C=O) groups excluding carboxylic acids is 1. The second kappa shape index (κ2) is 8.77. The third-order valence-electron chi connectivity index (χ3n) is 4.74. The van der Waals surface area contributed by atoms with Crippen LogP contribution in [0.5, 0.6) is 0 Å². The van der Waals surface area contributed by atoms with Gasteiger partial charge < -0.3 is 4.90 Å². The summed E-state index contributed by atoms with van der Waals surface area (Å²) < 4.78 is 13.1. The van der Waals surface area contributed by atoms with Crippen molar-refractivity contribution >= 4 is 5.91 Å². The van der Waals surface area contributed by atoms with Gasteiger partial charge in [0.2, 0.25) is 5.91 Å². The number of hydrogen-bond donors (Lipinski definition) is 0. The predicted molar refractivity (Wildman–Crippen MR) is 99.7 cm³/mol. The Morgan fingerprint density at radius 1 is 1.12 bits per heavy atom. The van der Waals surface area contributed by atoms with E-state index in [4.69, 9.17) is 0 Å². The molecular formula is C21H27FN2O. The molecule has 134 valence electrons. The van der Waals surface area contributed by atoms with E-state index in [1.165, 1.54) is 17.7 Å². The number of rotatable bonds is 7. The second-order valence-corrected chi connectivity index (χ2v) is 6.47. The van der Waals surface area contributed by atoms with Crippen molar-refractivity contribution in [2.24, 2.45) is 0 Å². The van der Waals surface area contributed by atoms with Crippen molar-refractivity contribution in [2.75, 3.05) is 20.1 Å². The van der Waals surface area contributed by atoms with Crippen LogP contribution in [0.4, 0.5) is 4.39 Å². The molecule has 0 aliphatic heterocycles. The molecule has 0 saturated carbocycles. The molecule has 0 spiro atoms. The van der Waals surface area contributed by atoms with Gasteiger partial charge in [-0.15, -0.1) is 0 Å². The number of nitrogens with zero attached hydrogens (tertiary/aromatic N) is 2. The van der Waals surface area contributed by atoms with Crippen LogP contribution in [-0.2, 0) is 11.3 Å². The van der Waals surface area contributed by atoms with Gasteiger partial charge in [-0.25, -0.2) is 4.39 Å². The molecule has 0 saturated heterocycles. The monoisotopic (exact) mass is 342 g/mol. The van der Waals surface area contributed by atoms with Gasteiger partial charge >= 0.3 is 0 Å². The number of halogens is 1. The SMILES string of the molecule is CCN(CC(=O)N(C)Cc1ccccc1C)C(C)c1ccc(F)cc1. The van der Waals surface area contributed by atoms with Crippen molar-refractivity contribution in [1.82, 2.24) is 9.80 Å². The first-order chi connectivity index (χ1) is 11.9. The summed E-state index contributed by atoms with van der Waals surface area (Å²) >= 11 is 0. The molecule has 0 bridgehead atoms. The maximum absolute atomic E-state index is 13.1. The van der Waals surface area contributed by atoms with Crippen LogP contribution in [0, 0.1) is 12.7 Å². The van der Waals surface area contributed by atoms with Crippen molar-refractivity contribution in [1.29, 1.82) is 0 Å². The Kier molecular flexibility index (Phi) is 6.71. The average Bonchev–Trinajstić information content (AvgIpc) is 2.61. The molecule has 0 N–H and O–H groups in total. The van der Waals surface area contributed by atoms with Crippen molar-refractivity contribution in [3.8, 4) is 0 Å². The summed E-state index contributed by atoms with van der Waals surface area (Å²) in [5.74, 6) is -0.160. The van der Waals surface area contributed by atoms with E-state index in [0.29, 0.717) is 13.1 Å². The fourth-order valence-electron chi connectivity index (χ4n) is 2.90. The van der Waals surface area contributed by atoms with Gasteiger partial charge in [0.25, 0.3) is 0 Å². The van der Waals surface area contributed by atoms with Gasteiger partial charge in [-0.05, 0) is 49.2 Å². The zero-order valence-electron chi connectivity index (χ0n) is 15.5. The van der Waals surface area contributed by atoms with Crippen molar-refractivity contribution in [3.63, 3.8) is 0 Å². The van der Waals surface area contributed by atoms with Crippen molar-refractivity contribution in [3.05, 3.63) is 71.0 Å². The summed E-state index contributed by atoms with van der Waals surface area (Å²) in [6.07, 6.45) is 0. The van der Waals surface area contributed by atoms with Crippen LogP contribution in [0.1, 0.15) is 36.6 Å². The lowest BCUT2D eigenvalue weighted by atomic mass is 10.1. The van der Waals surface area contributed by atoms with E-state index in [-0.39, 0.29) is 17.8 Å². The Morgan fingerprint density at radius 2 is 1.76 bits per heavy atom. The summed E-state index contributed by atoms with van der Waals surface area (Å²) in [4.78, 5) is 16.5. The highest BCUT2D eigenvalue weighted by Crippen LogP contribution is 2.20. The molecule has 1 unspecified atom stereocenters. The largest absolute Gasteiger partial charge is 0.340 e. The number of amides is 1. The molecule has 1 amide bonds. The summed E-state index contributed by atoms with van der Waals surface area (Å²) in [7, 11) is 1.84. The number of hydrogen-bond acceptors (Lipinski definition) is 2. The smallest absolute Gasteiger partial charge is 0.236 e. The van der Waals surface area contributed by atoms with E-state index in [0.717, 1.165) is 17.7 Å². The van der Waals surface area contributed by atoms with E-state index in [2.05, 4.69) is 24.0 Å². The molecule has 4 heteroatoms. The Morgan fingerprint density at radius 3 is 2.36 bits per heavy atom. The average molecular weight is 342 g/mol. The van der Waals surface area contributed by atoms with Crippen LogP contribution < -0.4 is 0 Å². The number of likely N-dealkylation sites (N-methyl/N-ethyl adjacent to an activating group) is 2. The van der Waals surface area contributed by atoms with E-state index in [1.54, 1.807) is 17.0 Å². The minimum Gasteiger partial charge on any atom is -0.340 e. The van der Waals surface area contributed by atoms with E-state index in [1.807, 2.05) is 33.0 Å². The highest BCUT2D eigenvalue weighted by atomic mass is 19.1. The second-order valence-electron chi connectivity index (χ2n) is 6.47. The Labute approximate surface area is 150 Å². The molecule has 1 atom stereocenters. The van der Waals surface area contributed by atoms with Crippen LogP contribution in [0.3, 0.4) is 0 Å². The minimum absolute atomic E-state index is 0.0569. The number of benzene rings is 2. The third kappa shape index (κ3) is 5.13. The Bertz CT molecular complexity index is 699. The fourth-order valence-corrected chi connectivity index (χ4v) is 2.90. The first-order valence-electron chi connectivity index (χ1n) is 8.70. The molecule has 2 aromatic rings. The summed E-state index contributed by atoms with van der Waals surface area (Å²) in [5, 5.41) is 0. The molecular weight excluding hydrogens is 315 g/mol. The van der Waals surface area contributed by atoms with E-state index in [9.17, 15) is 9.18 Å². The molecule has 25 heavy (non-hydrogen) atoms. The molecule has 0 aliphatic rings. The van der Waals surface area contributed by atoms with Gasteiger partial charge in [0.1, 0.15) is 5.82 Å².